The summed E-state index contributed by atoms with van der Waals surface area (Å²) in [5.74, 6) is -0.379. The van der Waals surface area contributed by atoms with Crippen molar-refractivity contribution in [1.82, 2.24) is 5.32 Å². The van der Waals surface area contributed by atoms with E-state index in [9.17, 15) is 9.59 Å². The smallest absolute Gasteiger partial charge is 0.275 e. The zero-order valence-corrected chi connectivity index (χ0v) is 12.7. The number of carbonyl (C=O) groups is 2. The summed E-state index contributed by atoms with van der Waals surface area (Å²) >= 11 is 5.90. The van der Waals surface area contributed by atoms with Crippen LogP contribution in [-0.2, 0) is 16.1 Å². The van der Waals surface area contributed by atoms with Gasteiger partial charge in [-0.25, -0.2) is 0 Å². The normalized spacial score (nSPS) is 21.8. The first-order valence-electron chi connectivity index (χ1n) is 7.18. The number of rotatable bonds is 5. The number of nitrogens with two attached hydrogens (primary N) is 1. The molecule has 1 aromatic rings. The topological polar surface area (TPSA) is 76.6 Å². The fraction of sp³-hybridized carbons (Fsp3) is 0.467. The lowest BCUT2D eigenvalue weighted by atomic mass is 9.97. The highest BCUT2D eigenvalue weighted by Gasteiger charge is 2.28. The maximum Gasteiger partial charge on any atom is 0.275 e. The molecule has 1 aliphatic rings. The Morgan fingerprint density at radius 3 is 2.95 bits per heavy atom. The Balaban J connectivity index is 1.78. The van der Waals surface area contributed by atoms with Gasteiger partial charge in [0.1, 0.15) is 0 Å². The molecule has 21 heavy (non-hydrogen) atoms. The number of hydrogen-bond donors (Lipinski definition) is 3. The number of carbonyl (C=O) groups excluding carboxylic acids is 2. The van der Waals surface area contributed by atoms with E-state index in [0.717, 1.165) is 29.8 Å². The Kier molecular flexibility index (Phi) is 5.59. The second-order valence-corrected chi connectivity index (χ2v) is 5.97. The summed E-state index contributed by atoms with van der Waals surface area (Å²) in [6.45, 7) is 2.41. The van der Waals surface area contributed by atoms with Crippen molar-refractivity contribution in [3.63, 3.8) is 0 Å². The molecular weight excluding hydrogens is 290 g/mol. The maximum atomic E-state index is 12.0. The van der Waals surface area contributed by atoms with Gasteiger partial charge in [-0.2, -0.15) is 0 Å². The van der Waals surface area contributed by atoms with Crippen LogP contribution in [0.3, 0.4) is 0 Å². The minimum absolute atomic E-state index is 0.0184. The van der Waals surface area contributed by atoms with Crippen molar-refractivity contribution in [3.05, 3.63) is 34.9 Å². The standard InChI is InChI=1S/C15H20ClN3O2/c16-13-5-1-3-11(7-13)8-18-14(20)10-19-6-2-4-12(9-19)15(17)21/h1,3,5,7,12H,2,4,6,8-10H2,(H2,17,21)(H,18,20)/p+1/t12-/m1/s1. The van der Waals surface area contributed by atoms with Crippen LogP contribution in [0.2, 0.25) is 5.02 Å². The summed E-state index contributed by atoms with van der Waals surface area (Å²) < 4.78 is 0. The summed E-state index contributed by atoms with van der Waals surface area (Å²) in [4.78, 5) is 24.3. The maximum absolute atomic E-state index is 12.0. The van der Waals surface area contributed by atoms with Crippen LogP contribution in [0.15, 0.2) is 24.3 Å². The third-order valence-electron chi connectivity index (χ3n) is 3.81. The molecule has 6 heteroatoms. The molecule has 0 spiro atoms. The number of nitrogens with one attached hydrogen (secondary N) is 2. The lowest BCUT2D eigenvalue weighted by molar-refractivity contribution is -0.899. The van der Waals surface area contributed by atoms with Gasteiger partial charge in [-0.05, 0) is 30.5 Å². The third kappa shape index (κ3) is 5.02. The van der Waals surface area contributed by atoms with Crippen molar-refractivity contribution in [2.45, 2.75) is 19.4 Å². The van der Waals surface area contributed by atoms with Crippen molar-refractivity contribution in [2.75, 3.05) is 19.6 Å². The highest BCUT2D eigenvalue weighted by atomic mass is 35.5. The predicted octanol–water partition coefficient (Wildman–Crippen LogP) is -0.264. The molecular formula is C15H21ClN3O2+. The molecule has 2 atom stereocenters. The molecule has 0 radical (unpaired) electrons. The summed E-state index contributed by atoms with van der Waals surface area (Å²) in [7, 11) is 0. The lowest BCUT2D eigenvalue weighted by Gasteiger charge is -2.27. The first-order chi connectivity index (χ1) is 10.0. The number of halogens is 1. The molecule has 1 saturated heterocycles. The van der Waals surface area contributed by atoms with E-state index in [0.29, 0.717) is 24.7 Å². The van der Waals surface area contributed by atoms with E-state index in [1.807, 2.05) is 18.2 Å². The Hall–Kier alpha value is -1.59. The summed E-state index contributed by atoms with van der Waals surface area (Å²) in [5.41, 5.74) is 6.32. The van der Waals surface area contributed by atoms with Gasteiger partial charge in [0.25, 0.3) is 5.91 Å². The van der Waals surface area contributed by atoms with Gasteiger partial charge >= 0.3 is 0 Å². The quantitative estimate of drug-likeness (QED) is 0.700. The van der Waals surface area contributed by atoms with Crippen LogP contribution in [0.5, 0.6) is 0 Å². The van der Waals surface area contributed by atoms with E-state index >= 15 is 0 Å². The van der Waals surface area contributed by atoms with Gasteiger partial charge in [0, 0.05) is 11.6 Å². The molecule has 114 valence electrons. The minimum atomic E-state index is -0.258. The van der Waals surface area contributed by atoms with Gasteiger partial charge in [-0.1, -0.05) is 23.7 Å². The molecule has 0 aromatic heterocycles. The van der Waals surface area contributed by atoms with Crippen molar-refractivity contribution in [2.24, 2.45) is 11.7 Å². The number of piperidine rings is 1. The van der Waals surface area contributed by atoms with Crippen LogP contribution in [0.1, 0.15) is 18.4 Å². The van der Waals surface area contributed by atoms with Crippen molar-refractivity contribution >= 4 is 23.4 Å². The lowest BCUT2D eigenvalue weighted by Crippen LogP contribution is -3.14. The monoisotopic (exact) mass is 310 g/mol. The van der Waals surface area contributed by atoms with Gasteiger partial charge in [-0.15, -0.1) is 0 Å². The minimum Gasteiger partial charge on any atom is -0.369 e. The van der Waals surface area contributed by atoms with Gasteiger partial charge in [0.15, 0.2) is 6.54 Å². The number of hydrogen-bond acceptors (Lipinski definition) is 2. The number of quaternary nitrogens is 1. The molecule has 2 amide bonds. The van der Waals surface area contributed by atoms with Gasteiger partial charge in [0.2, 0.25) is 5.91 Å². The van der Waals surface area contributed by atoms with E-state index in [1.54, 1.807) is 6.07 Å². The molecule has 4 N–H and O–H groups in total. The van der Waals surface area contributed by atoms with Crippen LogP contribution >= 0.6 is 11.6 Å². The van der Waals surface area contributed by atoms with Gasteiger partial charge < -0.3 is 16.0 Å². The van der Waals surface area contributed by atoms with Crippen LogP contribution in [0.4, 0.5) is 0 Å². The van der Waals surface area contributed by atoms with E-state index in [2.05, 4.69) is 5.32 Å². The molecule has 0 aliphatic carbocycles. The Morgan fingerprint density at radius 1 is 1.43 bits per heavy atom. The summed E-state index contributed by atoms with van der Waals surface area (Å²) in [6.07, 6.45) is 1.77. The number of likely N-dealkylation sites (tertiary alicyclic amines) is 1. The van der Waals surface area contributed by atoms with E-state index < -0.39 is 0 Å². The van der Waals surface area contributed by atoms with Crippen LogP contribution in [0, 0.1) is 5.92 Å². The van der Waals surface area contributed by atoms with Crippen molar-refractivity contribution in [1.29, 1.82) is 0 Å². The summed E-state index contributed by atoms with van der Waals surface area (Å²) in [6, 6.07) is 7.41. The fourth-order valence-corrected chi connectivity index (χ4v) is 2.90. The van der Waals surface area contributed by atoms with Crippen LogP contribution in [-0.4, -0.2) is 31.4 Å². The second-order valence-electron chi connectivity index (χ2n) is 5.53. The molecule has 0 bridgehead atoms. The van der Waals surface area contributed by atoms with Crippen LogP contribution < -0.4 is 16.0 Å². The average Bonchev–Trinajstić information content (AvgIpc) is 2.45. The first kappa shape index (κ1) is 15.8. The number of primary amides is 1. The largest absolute Gasteiger partial charge is 0.369 e. The molecule has 1 aliphatic heterocycles. The zero-order chi connectivity index (χ0) is 15.2. The molecule has 1 heterocycles. The highest BCUT2D eigenvalue weighted by Crippen LogP contribution is 2.10. The van der Waals surface area contributed by atoms with Gasteiger partial charge in [0.05, 0.1) is 19.0 Å². The zero-order valence-electron chi connectivity index (χ0n) is 11.9. The molecule has 2 rings (SSSR count). The fourth-order valence-electron chi connectivity index (χ4n) is 2.69. The van der Waals surface area contributed by atoms with E-state index in [-0.39, 0.29) is 17.7 Å². The first-order valence-corrected chi connectivity index (χ1v) is 7.56. The van der Waals surface area contributed by atoms with E-state index in [4.69, 9.17) is 17.3 Å². The van der Waals surface area contributed by atoms with Gasteiger partial charge in [-0.3, -0.25) is 9.59 Å². The summed E-state index contributed by atoms with van der Waals surface area (Å²) in [5, 5.41) is 3.54. The molecule has 0 saturated carbocycles. The Bertz CT molecular complexity index is 521. The molecule has 1 aromatic carbocycles. The number of amides is 2. The molecule has 5 nitrogen and oxygen atoms in total. The highest BCUT2D eigenvalue weighted by molar-refractivity contribution is 6.30. The predicted molar refractivity (Wildman–Crippen MR) is 80.8 cm³/mol. The Labute approximate surface area is 129 Å². The molecule has 1 fully saturated rings. The Morgan fingerprint density at radius 2 is 2.24 bits per heavy atom. The molecule has 1 unspecified atom stereocenters. The van der Waals surface area contributed by atoms with Crippen molar-refractivity contribution < 1.29 is 14.5 Å². The van der Waals surface area contributed by atoms with Crippen molar-refractivity contribution in [3.8, 4) is 0 Å². The van der Waals surface area contributed by atoms with E-state index in [1.165, 1.54) is 0 Å². The third-order valence-corrected chi connectivity index (χ3v) is 4.04. The number of benzene rings is 1. The average molecular weight is 311 g/mol. The van der Waals surface area contributed by atoms with Crippen LogP contribution in [0.25, 0.3) is 0 Å². The second kappa shape index (κ2) is 7.43. The SMILES string of the molecule is NC(=O)[C@@H]1CCC[NH+](CC(=O)NCc2cccc(Cl)c2)C1.